The molecule has 1 heterocycles. The third-order valence-electron chi connectivity index (χ3n) is 7.30. The van der Waals surface area contributed by atoms with Crippen LogP contribution in [0.4, 0.5) is 0 Å². The van der Waals surface area contributed by atoms with Crippen LogP contribution in [0.1, 0.15) is 72.1 Å². The van der Waals surface area contributed by atoms with Gasteiger partial charge < -0.3 is 0 Å². The van der Waals surface area contributed by atoms with Crippen LogP contribution in [0.2, 0.25) is 18.5 Å². The van der Waals surface area contributed by atoms with Crippen LogP contribution >= 0.6 is 0 Å². The Bertz CT molecular complexity index is 301. The van der Waals surface area contributed by atoms with Gasteiger partial charge >= 0.3 is 0 Å². The van der Waals surface area contributed by atoms with Crippen molar-refractivity contribution in [3.63, 3.8) is 0 Å². The molecule has 1 heteroatoms. The van der Waals surface area contributed by atoms with Crippen molar-refractivity contribution in [2.45, 2.75) is 90.6 Å². The molecule has 0 aromatic heterocycles. The van der Waals surface area contributed by atoms with Gasteiger partial charge in [-0.3, -0.25) is 0 Å². The van der Waals surface area contributed by atoms with Crippen LogP contribution in [0.25, 0.3) is 0 Å². The highest BCUT2D eigenvalue weighted by molar-refractivity contribution is 6.60. The quantitative estimate of drug-likeness (QED) is 0.553. The molecule has 2 bridgehead atoms. The van der Waals surface area contributed by atoms with E-state index in [-0.39, 0.29) is 0 Å². The molecule has 4 rings (SSSR count). The van der Waals surface area contributed by atoms with E-state index in [1.165, 1.54) is 38.5 Å². The topological polar surface area (TPSA) is 0 Å². The number of hydrogen-bond donors (Lipinski definition) is 0. The second-order valence-electron chi connectivity index (χ2n) is 8.46. The highest BCUT2D eigenvalue weighted by Gasteiger charge is 2.58. The first-order chi connectivity index (χ1) is 9.14. The molecule has 0 aromatic carbocycles. The van der Waals surface area contributed by atoms with E-state index in [1.807, 2.05) is 0 Å². The molecule has 3 saturated carbocycles. The Kier molecular flexibility index (Phi) is 4.02. The van der Waals surface area contributed by atoms with Gasteiger partial charge in [-0.25, -0.2) is 0 Å². The average Bonchev–Trinajstić information content (AvgIpc) is 2.67. The van der Waals surface area contributed by atoms with E-state index < -0.39 is 0 Å². The Hall–Kier alpha value is 0.0649. The van der Waals surface area contributed by atoms with Crippen molar-refractivity contribution in [1.82, 2.24) is 0 Å². The molecule has 19 heavy (non-hydrogen) atoms. The molecule has 108 valence electrons. The van der Waals surface area contributed by atoms with E-state index >= 15 is 0 Å². The fraction of sp³-hybridized carbons (Fsp3) is 1.00. The molecule has 1 saturated heterocycles. The molecule has 4 atom stereocenters. The lowest BCUT2D eigenvalue weighted by molar-refractivity contribution is -0.107. The second kappa shape index (κ2) is 5.45. The first kappa shape index (κ1) is 14.0. The summed E-state index contributed by atoms with van der Waals surface area (Å²) in [6.45, 7) is 8.64. The maximum Gasteiger partial charge on any atom is 0.143 e. The summed E-state index contributed by atoms with van der Waals surface area (Å²) in [4.78, 5) is 0. The third-order valence-corrected chi connectivity index (χ3v) is 7.30. The monoisotopic (exact) mass is 260 g/mol. The Labute approximate surface area is 121 Å². The van der Waals surface area contributed by atoms with Gasteiger partial charge in [-0.2, -0.15) is 0 Å². The molecule has 0 N–H and O–H groups in total. The van der Waals surface area contributed by atoms with Crippen molar-refractivity contribution in [2.75, 3.05) is 0 Å². The molecule has 3 aliphatic carbocycles. The average molecular weight is 260 g/mol. The molecule has 0 spiro atoms. The van der Waals surface area contributed by atoms with E-state index in [0.717, 1.165) is 30.3 Å². The van der Waals surface area contributed by atoms with Crippen LogP contribution < -0.4 is 0 Å². The minimum Gasteiger partial charge on any atom is -0.0739 e. The van der Waals surface area contributed by atoms with Gasteiger partial charge in [0.2, 0.25) is 0 Å². The lowest BCUT2D eigenvalue weighted by Gasteiger charge is -2.64. The number of fused-ring (bicyclic) bond motifs is 2. The van der Waals surface area contributed by atoms with E-state index in [0.29, 0.717) is 5.41 Å². The van der Waals surface area contributed by atoms with Crippen molar-refractivity contribution in [3.05, 3.63) is 0 Å². The van der Waals surface area contributed by atoms with Gasteiger partial charge in [-0.05, 0) is 29.6 Å². The zero-order valence-corrected chi connectivity index (χ0v) is 13.5. The molecule has 1 unspecified atom stereocenters. The van der Waals surface area contributed by atoms with Crippen LogP contribution in [0.5, 0.6) is 0 Å². The molecule has 0 radical (unpaired) electrons. The summed E-state index contributed by atoms with van der Waals surface area (Å²) >= 11 is 0. The summed E-state index contributed by atoms with van der Waals surface area (Å²) in [6, 6.07) is 0. The van der Waals surface area contributed by atoms with E-state index in [1.54, 1.807) is 25.5 Å². The number of rotatable bonds is 3. The van der Waals surface area contributed by atoms with Gasteiger partial charge in [0.1, 0.15) is 6.71 Å². The summed E-state index contributed by atoms with van der Waals surface area (Å²) in [5.74, 6) is 4.32. The van der Waals surface area contributed by atoms with Crippen LogP contribution in [-0.4, -0.2) is 6.71 Å². The molecule has 0 amide bonds. The first-order valence-electron chi connectivity index (χ1n) is 9.14. The summed E-state index contributed by atoms with van der Waals surface area (Å²) < 4.78 is 0. The van der Waals surface area contributed by atoms with Gasteiger partial charge in [-0.1, -0.05) is 84.2 Å². The smallest absolute Gasteiger partial charge is 0.0739 e. The SMILES string of the molecule is CCCC1[C@H]2C[C@@H](C[C@H]1B1CCCCCC1)C2(C)C. The fourth-order valence-electron chi connectivity index (χ4n) is 6.01. The van der Waals surface area contributed by atoms with E-state index in [9.17, 15) is 0 Å². The lowest BCUT2D eigenvalue weighted by Crippen LogP contribution is -2.56. The number of hydrogen-bond acceptors (Lipinski definition) is 0. The van der Waals surface area contributed by atoms with Gasteiger partial charge in [0.25, 0.3) is 0 Å². The van der Waals surface area contributed by atoms with Crippen LogP contribution in [0, 0.1) is 23.2 Å². The Balaban J connectivity index is 1.73. The predicted molar refractivity (Wildman–Crippen MR) is 86.0 cm³/mol. The summed E-state index contributed by atoms with van der Waals surface area (Å²) in [5, 5.41) is 0. The molecule has 4 aliphatic rings. The minimum absolute atomic E-state index is 0.682. The van der Waals surface area contributed by atoms with Gasteiger partial charge in [0.15, 0.2) is 0 Å². The normalized spacial score (nSPS) is 41.5. The Morgan fingerprint density at radius 1 is 1.00 bits per heavy atom. The molecular weight excluding hydrogens is 227 g/mol. The highest BCUT2D eigenvalue weighted by Crippen LogP contribution is 2.66. The predicted octanol–water partition coefficient (Wildman–Crippen LogP) is 5.91. The third kappa shape index (κ3) is 2.40. The van der Waals surface area contributed by atoms with Crippen LogP contribution in [0.3, 0.4) is 0 Å². The zero-order valence-electron chi connectivity index (χ0n) is 13.5. The summed E-state index contributed by atoms with van der Waals surface area (Å²) in [5.41, 5.74) is 0.682. The zero-order chi connectivity index (χ0) is 13.5. The summed E-state index contributed by atoms with van der Waals surface area (Å²) in [6.07, 6.45) is 15.3. The van der Waals surface area contributed by atoms with Crippen molar-refractivity contribution >= 4 is 6.71 Å². The maximum atomic E-state index is 2.57. The van der Waals surface area contributed by atoms with Gasteiger partial charge in [0.05, 0.1) is 0 Å². The molecule has 0 nitrogen and oxygen atoms in total. The molecule has 0 aromatic rings. The Morgan fingerprint density at radius 2 is 1.68 bits per heavy atom. The van der Waals surface area contributed by atoms with Crippen molar-refractivity contribution in [1.29, 1.82) is 0 Å². The molecular formula is C18H33B. The lowest BCUT2D eigenvalue weighted by atomic mass is 9.27. The van der Waals surface area contributed by atoms with Crippen molar-refractivity contribution in [2.24, 2.45) is 23.2 Å². The van der Waals surface area contributed by atoms with E-state index in [2.05, 4.69) is 20.8 Å². The maximum absolute atomic E-state index is 2.57. The second-order valence-corrected chi connectivity index (χ2v) is 8.46. The van der Waals surface area contributed by atoms with Crippen LogP contribution in [-0.2, 0) is 0 Å². The minimum atomic E-state index is 0.682. The first-order valence-corrected chi connectivity index (χ1v) is 9.14. The van der Waals surface area contributed by atoms with Gasteiger partial charge in [-0.15, -0.1) is 0 Å². The van der Waals surface area contributed by atoms with Crippen molar-refractivity contribution < 1.29 is 0 Å². The van der Waals surface area contributed by atoms with E-state index in [4.69, 9.17) is 0 Å². The largest absolute Gasteiger partial charge is 0.143 e. The van der Waals surface area contributed by atoms with Crippen LogP contribution in [0.15, 0.2) is 0 Å². The summed E-state index contributed by atoms with van der Waals surface area (Å²) in [7, 11) is 0. The van der Waals surface area contributed by atoms with Gasteiger partial charge in [0, 0.05) is 0 Å². The van der Waals surface area contributed by atoms with Crippen molar-refractivity contribution in [3.8, 4) is 0 Å². The Morgan fingerprint density at radius 3 is 2.26 bits per heavy atom. The highest BCUT2D eigenvalue weighted by atomic mass is 14.6. The molecule has 4 fully saturated rings. The fourth-order valence-corrected chi connectivity index (χ4v) is 6.01. The standard InChI is InChI=1S/C18H33B/c1-4-9-15-16-12-14(18(16,2)3)13-17(15)19-10-7-5-6-8-11-19/h14-17H,4-13H2,1-3H3/t14-,15?,16+,17+/m0/s1. The molecule has 1 aliphatic heterocycles.